The van der Waals surface area contributed by atoms with Gasteiger partial charge in [0.2, 0.25) is 0 Å². The fourth-order valence-electron chi connectivity index (χ4n) is 4.11. The summed E-state index contributed by atoms with van der Waals surface area (Å²) in [5.41, 5.74) is 1.46. The number of piperazine rings is 1. The van der Waals surface area contributed by atoms with Gasteiger partial charge in [0.05, 0.1) is 11.1 Å². The summed E-state index contributed by atoms with van der Waals surface area (Å²) in [6.45, 7) is 5.46. The minimum Gasteiger partial charge on any atom is -0.369 e. The highest BCUT2D eigenvalue weighted by Crippen LogP contribution is 2.30. The zero-order chi connectivity index (χ0) is 22.2. The van der Waals surface area contributed by atoms with Gasteiger partial charge in [-0.05, 0) is 25.1 Å². The number of aryl methyl sites for hydroxylation is 1. The third-order valence-corrected chi connectivity index (χ3v) is 5.77. The molecule has 1 aliphatic heterocycles. The lowest BCUT2D eigenvalue weighted by Crippen LogP contribution is -2.43. The molecule has 166 valence electrons. The van der Waals surface area contributed by atoms with Crippen molar-refractivity contribution >= 4 is 28.2 Å². The van der Waals surface area contributed by atoms with E-state index >= 15 is 0 Å². The molecule has 0 radical (unpaired) electrons. The lowest BCUT2D eigenvalue weighted by atomic mass is 10.1. The molecule has 1 aliphatic rings. The number of anilines is 2. The molecule has 0 amide bonds. The first-order valence-corrected chi connectivity index (χ1v) is 10.4. The molecule has 2 N–H and O–H groups in total. The van der Waals surface area contributed by atoms with Gasteiger partial charge in [-0.1, -0.05) is 18.2 Å². The molecule has 0 spiro atoms. The van der Waals surface area contributed by atoms with E-state index in [-0.39, 0.29) is 12.1 Å². The zero-order valence-corrected chi connectivity index (χ0v) is 17.4. The standard InChI is InChI=1S/C22H22F3N7/c1-13-29-30-22-28-21(27-12-14-3-2-4-16(19(14)23)20(24)25)17-11-15(5-6-18(17)32(13)22)31-9-7-26-8-10-31/h2-6,11,20,26H,7-10,12H2,1H3,(H,27,28,30). The number of alkyl halides is 2. The first kappa shape index (κ1) is 20.5. The average molecular weight is 441 g/mol. The van der Waals surface area contributed by atoms with Gasteiger partial charge in [-0.25, -0.2) is 13.2 Å². The molecule has 5 rings (SSSR count). The highest BCUT2D eigenvalue weighted by Gasteiger charge is 2.18. The zero-order valence-electron chi connectivity index (χ0n) is 17.4. The normalized spacial score (nSPS) is 14.6. The van der Waals surface area contributed by atoms with Gasteiger partial charge < -0.3 is 15.5 Å². The number of halogens is 3. The molecule has 32 heavy (non-hydrogen) atoms. The second-order valence-corrected chi connectivity index (χ2v) is 7.76. The second-order valence-electron chi connectivity index (χ2n) is 7.76. The molecular formula is C22H22F3N7. The maximum absolute atomic E-state index is 14.5. The van der Waals surface area contributed by atoms with Crippen LogP contribution in [-0.4, -0.2) is 45.8 Å². The molecule has 2 aromatic carbocycles. The maximum atomic E-state index is 14.5. The lowest BCUT2D eigenvalue weighted by molar-refractivity contribution is 0.146. The van der Waals surface area contributed by atoms with Crippen LogP contribution in [0.25, 0.3) is 16.7 Å². The van der Waals surface area contributed by atoms with Crippen LogP contribution < -0.4 is 15.5 Å². The molecular weight excluding hydrogens is 419 g/mol. The van der Waals surface area contributed by atoms with Crippen LogP contribution in [0.3, 0.4) is 0 Å². The van der Waals surface area contributed by atoms with Gasteiger partial charge in [0.1, 0.15) is 17.5 Å². The number of fused-ring (bicyclic) bond motifs is 3. The molecule has 1 fully saturated rings. The molecule has 0 unspecified atom stereocenters. The smallest absolute Gasteiger partial charge is 0.266 e. The molecule has 1 saturated heterocycles. The summed E-state index contributed by atoms with van der Waals surface area (Å²) >= 11 is 0. The molecule has 0 saturated carbocycles. The third-order valence-electron chi connectivity index (χ3n) is 5.77. The van der Waals surface area contributed by atoms with E-state index in [0.717, 1.165) is 48.8 Å². The highest BCUT2D eigenvalue weighted by atomic mass is 19.3. The Morgan fingerprint density at radius 3 is 2.72 bits per heavy atom. The van der Waals surface area contributed by atoms with Gasteiger partial charge in [0.25, 0.3) is 12.2 Å². The lowest BCUT2D eigenvalue weighted by Gasteiger charge is -2.29. The summed E-state index contributed by atoms with van der Waals surface area (Å²) in [6.07, 6.45) is -2.87. The minimum atomic E-state index is -2.87. The molecule has 0 bridgehead atoms. The molecule has 10 heteroatoms. The summed E-state index contributed by atoms with van der Waals surface area (Å²) in [5, 5.41) is 15.5. The number of nitrogens with one attached hydrogen (secondary N) is 2. The summed E-state index contributed by atoms with van der Waals surface area (Å²) in [7, 11) is 0. The Morgan fingerprint density at radius 2 is 1.94 bits per heavy atom. The van der Waals surface area contributed by atoms with Gasteiger partial charge in [0, 0.05) is 49.4 Å². The topological polar surface area (TPSA) is 70.4 Å². The van der Waals surface area contributed by atoms with Crippen LogP contribution >= 0.6 is 0 Å². The third kappa shape index (κ3) is 3.60. The van der Waals surface area contributed by atoms with E-state index in [2.05, 4.69) is 36.8 Å². The van der Waals surface area contributed by atoms with Crippen molar-refractivity contribution in [1.29, 1.82) is 0 Å². The van der Waals surface area contributed by atoms with E-state index in [1.807, 2.05) is 23.5 Å². The van der Waals surface area contributed by atoms with Gasteiger partial charge >= 0.3 is 0 Å². The van der Waals surface area contributed by atoms with E-state index in [1.165, 1.54) is 12.1 Å². The van der Waals surface area contributed by atoms with Gasteiger partial charge in [-0.2, -0.15) is 4.98 Å². The predicted molar refractivity (Wildman–Crippen MR) is 117 cm³/mol. The van der Waals surface area contributed by atoms with Crippen molar-refractivity contribution in [3.05, 3.63) is 59.2 Å². The fourth-order valence-corrected chi connectivity index (χ4v) is 4.11. The van der Waals surface area contributed by atoms with Gasteiger partial charge in [0.15, 0.2) is 0 Å². The minimum absolute atomic E-state index is 0.00957. The number of hydrogen-bond acceptors (Lipinski definition) is 6. The van der Waals surface area contributed by atoms with Gasteiger partial charge in [-0.3, -0.25) is 4.40 Å². The number of benzene rings is 2. The van der Waals surface area contributed by atoms with Crippen LogP contribution in [0.4, 0.5) is 24.7 Å². The summed E-state index contributed by atoms with van der Waals surface area (Å²) in [4.78, 5) is 6.88. The summed E-state index contributed by atoms with van der Waals surface area (Å²) in [6, 6.07) is 10.1. The van der Waals surface area contributed by atoms with Gasteiger partial charge in [-0.15, -0.1) is 10.2 Å². The maximum Gasteiger partial charge on any atom is 0.266 e. The monoisotopic (exact) mass is 441 g/mol. The van der Waals surface area contributed by atoms with Crippen molar-refractivity contribution in [2.45, 2.75) is 19.9 Å². The molecule has 4 aromatic rings. The Labute approximate surface area is 182 Å². The van der Waals surface area contributed by atoms with Crippen molar-refractivity contribution < 1.29 is 13.2 Å². The molecule has 0 aliphatic carbocycles. The molecule has 7 nitrogen and oxygen atoms in total. The average Bonchev–Trinajstić information content (AvgIpc) is 3.18. The largest absolute Gasteiger partial charge is 0.369 e. The fraction of sp³-hybridized carbons (Fsp3) is 0.318. The van der Waals surface area contributed by atoms with Crippen LogP contribution in [0.2, 0.25) is 0 Å². The summed E-state index contributed by atoms with van der Waals surface area (Å²) in [5.74, 6) is 0.711. The van der Waals surface area contributed by atoms with Crippen LogP contribution in [0.15, 0.2) is 36.4 Å². The SMILES string of the molecule is Cc1nnc2nc(NCc3cccc(C(F)F)c3F)c3cc(N4CCNCC4)ccc3n12. The quantitative estimate of drug-likeness (QED) is 0.492. The van der Waals surface area contributed by atoms with E-state index in [0.29, 0.717) is 17.4 Å². The molecule has 3 heterocycles. The Bertz CT molecular complexity index is 1280. The van der Waals surface area contributed by atoms with Crippen molar-refractivity contribution in [1.82, 2.24) is 24.9 Å². The second kappa shape index (κ2) is 8.27. The van der Waals surface area contributed by atoms with E-state index in [4.69, 9.17) is 0 Å². The predicted octanol–water partition coefficient (Wildman–Crippen LogP) is 3.68. The number of aromatic nitrogens is 4. The number of nitrogens with zero attached hydrogens (tertiary/aromatic N) is 5. The van der Waals surface area contributed by atoms with E-state index < -0.39 is 17.8 Å². The number of hydrogen-bond donors (Lipinski definition) is 2. The van der Waals surface area contributed by atoms with Crippen LogP contribution in [0.1, 0.15) is 23.4 Å². The highest BCUT2D eigenvalue weighted by molar-refractivity contribution is 5.93. The number of rotatable bonds is 5. The van der Waals surface area contributed by atoms with Crippen LogP contribution in [-0.2, 0) is 6.54 Å². The van der Waals surface area contributed by atoms with Crippen molar-refractivity contribution in [3.63, 3.8) is 0 Å². The first-order valence-electron chi connectivity index (χ1n) is 10.4. The first-order chi connectivity index (χ1) is 15.5. The molecule has 0 atom stereocenters. The van der Waals surface area contributed by atoms with Crippen molar-refractivity contribution in [3.8, 4) is 0 Å². The van der Waals surface area contributed by atoms with Crippen molar-refractivity contribution in [2.24, 2.45) is 0 Å². The van der Waals surface area contributed by atoms with Crippen LogP contribution in [0.5, 0.6) is 0 Å². The van der Waals surface area contributed by atoms with Crippen molar-refractivity contribution in [2.75, 3.05) is 36.4 Å². The van der Waals surface area contributed by atoms with E-state index in [9.17, 15) is 13.2 Å². The summed E-state index contributed by atoms with van der Waals surface area (Å²) < 4.78 is 42.5. The van der Waals surface area contributed by atoms with Crippen LogP contribution in [0, 0.1) is 12.7 Å². The Morgan fingerprint density at radius 1 is 1.12 bits per heavy atom. The Balaban J connectivity index is 1.57. The van der Waals surface area contributed by atoms with E-state index in [1.54, 1.807) is 0 Å². The Hall–Kier alpha value is -3.40. The molecule has 2 aromatic heterocycles. The Kier molecular flexibility index (Phi) is 5.30.